The zero-order valence-corrected chi connectivity index (χ0v) is 31.5. The molecule has 4 atom stereocenters. The molecular formula is C38H44F3N3O8Si. The molecule has 2 unspecified atom stereocenters. The number of benzene rings is 3. The van der Waals surface area contributed by atoms with Crippen molar-refractivity contribution in [1.29, 1.82) is 0 Å². The number of hydrogen-bond donors (Lipinski definition) is 2. The second-order valence-electron chi connectivity index (χ2n) is 14.2. The summed E-state index contributed by atoms with van der Waals surface area (Å²) in [6.07, 6.45) is -8.32. The molecule has 3 aromatic carbocycles. The van der Waals surface area contributed by atoms with Crippen molar-refractivity contribution >= 4 is 14.2 Å². The average Bonchev–Trinajstić information content (AvgIpc) is 3.44. The fraction of sp³-hybridized carbons (Fsp3) is 0.395. The Bertz CT molecular complexity index is 1930. The maximum atomic E-state index is 14.0. The van der Waals surface area contributed by atoms with Crippen LogP contribution in [0.25, 0.3) is 0 Å². The van der Waals surface area contributed by atoms with Crippen LogP contribution in [0, 0.1) is 0 Å². The molecule has 1 aromatic heterocycles. The molecule has 2 N–H and O–H groups in total. The Hall–Kier alpha value is -4.70. The first-order valence-electron chi connectivity index (χ1n) is 16.9. The first-order chi connectivity index (χ1) is 24.9. The van der Waals surface area contributed by atoms with Gasteiger partial charge >= 0.3 is 17.8 Å². The van der Waals surface area contributed by atoms with E-state index in [-0.39, 0.29) is 11.6 Å². The number of methoxy groups -OCH3 is 2. The molecule has 11 nitrogen and oxygen atoms in total. The third-order valence-corrected chi connectivity index (χ3v) is 14.4. The minimum absolute atomic E-state index is 0.162. The van der Waals surface area contributed by atoms with E-state index in [4.69, 9.17) is 23.4 Å². The monoisotopic (exact) mass is 755 g/mol. The molecule has 1 aliphatic heterocycles. The third kappa shape index (κ3) is 8.27. The number of alkyl halides is 3. The fourth-order valence-corrected chi connectivity index (χ4v) is 7.02. The Kier molecular flexibility index (Phi) is 11.4. The van der Waals surface area contributed by atoms with Gasteiger partial charge in [-0.3, -0.25) is 19.1 Å². The lowest BCUT2D eigenvalue weighted by Crippen LogP contribution is -2.55. The van der Waals surface area contributed by atoms with Gasteiger partial charge in [0.25, 0.3) is 5.56 Å². The molecule has 0 radical (unpaired) electrons. The SMILES string of the molecule is COc1ccc(C(OC2C(NC(=O)C(F)(F)F)[C@@H](n3ccc(=O)[nH]c3=O)O[C@H]2CO[Si](C)(C)C(C)(C)C)(c2ccccc2)c2ccc(OC)cc2)cc1. The highest BCUT2D eigenvalue weighted by Gasteiger charge is 2.55. The summed E-state index contributed by atoms with van der Waals surface area (Å²) in [5, 5.41) is 1.82. The molecule has 15 heteroatoms. The van der Waals surface area contributed by atoms with Crippen LogP contribution in [0.4, 0.5) is 13.2 Å². The van der Waals surface area contributed by atoms with Gasteiger partial charge < -0.3 is 28.7 Å². The third-order valence-electron chi connectivity index (χ3n) is 9.92. The summed E-state index contributed by atoms with van der Waals surface area (Å²) in [5.41, 5.74) is -1.56. The van der Waals surface area contributed by atoms with E-state index >= 15 is 0 Å². The first kappa shape index (κ1) is 39.5. The van der Waals surface area contributed by atoms with E-state index in [0.717, 1.165) is 16.8 Å². The van der Waals surface area contributed by atoms with Gasteiger partial charge in [0.05, 0.1) is 20.8 Å². The summed E-state index contributed by atoms with van der Waals surface area (Å²) >= 11 is 0. The van der Waals surface area contributed by atoms with Crippen LogP contribution < -0.4 is 26.0 Å². The van der Waals surface area contributed by atoms with Gasteiger partial charge in [-0.2, -0.15) is 13.2 Å². The van der Waals surface area contributed by atoms with Gasteiger partial charge in [-0.15, -0.1) is 0 Å². The number of nitrogens with one attached hydrogen (secondary N) is 2. The molecule has 4 aromatic rings. The molecule has 0 saturated carbocycles. The number of aromatic nitrogens is 2. The lowest BCUT2D eigenvalue weighted by molar-refractivity contribution is -0.176. The lowest BCUT2D eigenvalue weighted by Gasteiger charge is -2.41. The molecule has 1 fully saturated rings. The number of H-pyrrole nitrogens is 1. The molecule has 1 aliphatic rings. The zero-order valence-electron chi connectivity index (χ0n) is 30.5. The molecule has 5 rings (SSSR count). The van der Waals surface area contributed by atoms with E-state index in [9.17, 15) is 27.6 Å². The van der Waals surface area contributed by atoms with Gasteiger partial charge in [0.15, 0.2) is 14.5 Å². The van der Waals surface area contributed by atoms with Crippen LogP contribution in [0.5, 0.6) is 11.5 Å². The molecule has 0 aliphatic carbocycles. The van der Waals surface area contributed by atoms with E-state index in [1.807, 2.05) is 52.1 Å². The first-order valence-corrected chi connectivity index (χ1v) is 19.8. The standard InChI is InChI=1S/C38H44F3N3O8Si/c1-36(2,3)53(6,7)50-23-29-32(31(43-34(46)38(39,40)41)33(51-29)44-22-21-30(45)42-35(44)47)52-37(24-11-9-8-10-12-24,25-13-17-27(48-4)18-14-25)26-15-19-28(49-5)20-16-26/h8-22,29,31-33H,23H2,1-7H3,(H,43,46)(H,42,45,47)/t29-,31?,32?,33-/m0/s1. The van der Waals surface area contributed by atoms with Gasteiger partial charge in [-0.05, 0) is 59.1 Å². The molecule has 2 heterocycles. The van der Waals surface area contributed by atoms with E-state index in [2.05, 4.69) is 10.3 Å². The summed E-state index contributed by atoms with van der Waals surface area (Å²) in [7, 11) is 0.522. The van der Waals surface area contributed by atoms with Crippen molar-refractivity contribution < 1.29 is 41.3 Å². The van der Waals surface area contributed by atoms with E-state index < -0.39 is 61.7 Å². The topological polar surface area (TPSA) is 130 Å². The predicted octanol–water partition coefficient (Wildman–Crippen LogP) is 5.90. The lowest BCUT2D eigenvalue weighted by atomic mass is 9.79. The van der Waals surface area contributed by atoms with Crippen molar-refractivity contribution in [3.63, 3.8) is 0 Å². The van der Waals surface area contributed by atoms with E-state index in [1.54, 1.807) is 60.7 Å². The molecule has 1 amide bonds. The molecular weight excluding hydrogens is 712 g/mol. The Morgan fingerprint density at radius 2 is 1.38 bits per heavy atom. The minimum atomic E-state index is -5.30. The van der Waals surface area contributed by atoms with Crippen molar-refractivity contribution in [3.05, 3.63) is 129 Å². The van der Waals surface area contributed by atoms with Crippen molar-refractivity contribution in [3.8, 4) is 11.5 Å². The van der Waals surface area contributed by atoms with Gasteiger partial charge in [0.2, 0.25) is 0 Å². The number of halogens is 3. The number of rotatable bonds is 12. The quantitative estimate of drug-likeness (QED) is 0.135. The highest BCUT2D eigenvalue weighted by molar-refractivity contribution is 6.74. The van der Waals surface area contributed by atoms with Crippen molar-refractivity contribution in [2.45, 2.75) is 75.2 Å². The number of nitrogens with zero attached hydrogens (tertiary/aromatic N) is 1. The second-order valence-corrected chi connectivity index (χ2v) is 19.0. The Morgan fingerprint density at radius 1 is 0.849 bits per heavy atom. The van der Waals surface area contributed by atoms with Gasteiger partial charge in [-0.1, -0.05) is 75.4 Å². The molecule has 0 spiro atoms. The van der Waals surface area contributed by atoms with Crippen LogP contribution in [0.2, 0.25) is 18.1 Å². The van der Waals surface area contributed by atoms with Crippen LogP contribution in [0.3, 0.4) is 0 Å². The van der Waals surface area contributed by atoms with E-state index in [0.29, 0.717) is 28.2 Å². The van der Waals surface area contributed by atoms with E-state index in [1.165, 1.54) is 14.2 Å². The molecule has 1 saturated heterocycles. The smallest absolute Gasteiger partial charge is 0.471 e. The largest absolute Gasteiger partial charge is 0.497 e. The highest BCUT2D eigenvalue weighted by Crippen LogP contribution is 2.46. The van der Waals surface area contributed by atoms with Crippen molar-refractivity contribution in [2.24, 2.45) is 0 Å². The summed E-state index contributed by atoms with van der Waals surface area (Å²) in [6.45, 7) is 9.95. The van der Waals surface area contributed by atoms with Crippen LogP contribution >= 0.6 is 0 Å². The number of carbonyl (C=O) groups excluding carboxylic acids is 1. The second kappa shape index (κ2) is 15.3. The number of carbonyl (C=O) groups is 1. The average molecular weight is 756 g/mol. The van der Waals surface area contributed by atoms with Crippen molar-refractivity contribution in [2.75, 3.05) is 20.8 Å². The Labute approximate surface area is 306 Å². The van der Waals surface area contributed by atoms with Crippen LogP contribution in [-0.2, 0) is 24.3 Å². The fourth-order valence-electron chi connectivity index (χ4n) is 6.01. The maximum Gasteiger partial charge on any atom is 0.471 e. The number of ether oxygens (including phenoxy) is 4. The predicted molar refractivity (Wildman–Crippen MR) is 194 cm³/mol. The number of aromatic amines is 1. The summed E-state index contributed by atoms with van der Waals surface area (Å²) in [6, 6.07) is 22.5. The minimum Gasteiger partial charge on any atom is -0.497 e. The van der Waals surface area contributed by atoms with Crippen LogP contribution in [-0.4, -0.2) is 69.0 Å². The van der Waals surface area contributed by atoms with Gasteiger partial charge in [-0.25, -0.2) is 4.79 Å². The highest BCUT2D eigenvalue weighted by atomic mass is 28.4. The zero-order chi connectivity index (χ0) is 38.8. The van der Waals surface area contributed by atoms with Crippen LogP contribution in [0.15, 0.2) is 101 Å². The summed E-state index contributed by atoms with van der Waals surface area (Å²) < 4.78 is 74.2. The normalized spacial score (nSPS) is 19.5. The Morgan fingerprint density at radius 3 is 1.85 bits per heavy atom. The maximum absolute atomic E-state index is 14.0. The summed E-state index contributed by atoms with van der Waals surface area (Å²) in [5.74, 6) is -1.18. The summed E-state index contributed by atoms with van der Waals surface area (Å²) in [4.78, 5) is 40.2. The molecule has 53 heavy (non-hydrogen) atoms. The van der Waals surface area contributed by atoms with Crippen molar-refractivity contribution in [1.82, 2.24) is 14.9 Å². The van der Waals surface area contributed by atoms with Gasteiger partial charge in [0, 0.05) is 12.3 Å². The Balaban J connectivity index is 1.79. The van der Waals surface area contributed by atoms with Gasteiger partial charge in [0.1, 0.15) is 35.3 Å². The number of amides is 1. The molecule has 0 bridgehead atoms. The van der Waals surface area contributed by atoms with Crippen LogP contribution in [0.1, 0.15) is 43.7 Å². The molecule has 284 valence electrons. The number of hydrogen-bond acceptors (Lipinski definition) is 8.